The lowest BCUT2D eigenvalue weighted by Crippen LogP contribution is -2.53. The first kappa shape index (κ1) is 16.4. The number of pyridine rings is 1. The molecule has 2 aliphatic rings. The lowest BCUT2D eigenvalue weighted by atomic mass is 10.1. The van der Waals surface area contributed by atoms with Crippen LogP contribution in [0.5, 0.6) is 11.5 Å². The van der Waals surface area contributed by atoms with E-state index in [1.807, 2.05) is 35.2 Å². The molecule has 1 aromatic heterocycles. The highest BCUT2D eigenvalue weighted by Gasteiger charge is 2.40. The number of hydrogen-bond acceptors (Lipinski definition) is 4. The highest BCUT2D eigenvalue weighted by molar-refractivity contribution is 5.95. The summed E-state index contributed by atoms with van der Waals surface area (Å²) in [5.41, 5.74) is 0.294. The van der Waals surface area contributed by atoms with E-state index in [0.717, 1.165) is 0 Å². The molecule has 0 radical (unpaired) electrons. The van der Waals surface area contributed by atoms with Gasteiger partial charge in [0, 0.05) is 39.4 Å². The lowest BCUT2D eigenvalue weighted by molar-refractivity contribution is 0.0608. The van der Waals surface area contributed by atoms with Crippen molar-refractivity contribution in [2.45, 2.75) is 6.04 Å². The fourth-order valence-electron chi connectivity index (χ4n) is 3.46. The third kappa shape index (κ3) is 2.96. The zero-order valence-electron chi connectivity index (χ0n) is 14.5. The summed E-state index contributed by atoms with van der Waals surface area (Å²) in [5.74, 6) is 0.923. The monoisotopic (exact) mass is 352 g/mol. The normalized spacial score (nSPS) is 19.5. The maximum Gasteiger partial charge on any atom is 0.320 e. The first-order valence-electron chi connectivity index (χ1n) is 8.62. The predicted molar refractivity (Wildman–Crippen MR) is 95.2 cm³/mol. The molecule has 26 heavy (non-hydrogen) atoms. The van der Waals surface area contributed by atoms with Gasteiger partial charge in [-0.25, -0.2) is 9.78 Å². The number of nitrogens with zero attached hydrogens (tertiary/aromatic N) is 4. The summed E-state index contributed by atoms with van der Waals surface area (Å²) in [6.45, 7) is 2.19. The van der Waals surface area contributed by atoms with E-state index < -0.39 is 0 Å². The van der Waals surface area contributed by atoms with Crippen LogP contribution in [-0.2, 0) is 0 Å². The molecular weight excluding hydrogens is 332 g/mol. The molecule has 0 N–H and O–H groups in total. The van der Waals surface area contributed by atoms with Gasteiger partial charge < -0.3 is 19.4 Å². The van der Waals surface area contributed by atoms with Crippen LogP contribution in [0.4, 0.5) is 4.79 Å². The van der Waals surface area contributed by atoms with Crippen molar-refractivity contribution in [1.82, 2.24) is 19.7 Å². The molecule has 0 aliphatic carbocycles. The average Bonchev–Trinajstić information content (AvgIpc) is 2.96. The molecule has 2 aliphatic heterocycles. The molecule has 7 nitrogen and oxygen atoms in total. The van der Waals surface area contributed by atoms with Crippen molar-refractivity contribution < 1.29 is 14.3 Å². The largest absolute Gasteiger partial charge is 0.455 e. The lowest BCUT2D eigenvalue weighted by Gasteiger charge is -2.36. The average molecular weight is 352 g/mol. The molecule has 1 aromatic carbocycles. The number of hydrogen-bond donors (Lipinski definition) is 0. The number of aromatic nitrogens is 1. The number of benzene rings is 1. The van der Waals surface area contributed by atoms with Crippen molar-refractivity contribution in [3.05, 3.63) is 54.4 Å². The van der Waals surface area contributed by atoms with Crippen LogP contribution < -0.4 is 4.74 Å². The van der Waals surface area contributed by atoms with Gasteiger partial charge >= 0.3 is 6.03 Å². The number of likely N-dealkylation sites (N-methyl/N-ethyl adjacent to an activating group) is 1. The molecule has 3 heterocycles. The smallest absolute Gasteiger partial charge is 0.320 e. The Morgan fingerprint density at radius 3 is 2.73 bits per heavy atom. The minimum absolute atomic E-state index is 0.0346. The molecule has 2 saturated heterocycles. The molecule has 7 heteroatoms. The van der Waals surface area contributed by atoms with Crippen LogP contribution >= 0.6 is 0 Å². The Bertz CT molecular complexity index is 827. The molecule has 0 bridgehead atoms. The van der Waals surface area contributed by atoms with E-state index in [2.05, 4.69) is 4.98 Å². The van der Waals surface area contributed by atoms with Crippen LogP contribution in [-0.4, -0.2) is 70.9 Å². The van der Waals surface area contributed by atoms with Crippen molar-refractivity contribution in [3.8, 4) is 11.5 Å². The number of urea groups is 1. The highest BCUT2D eigenvalue weighted by Crippen LogP contribution is 2.26. The van der Waals surface area contributed by atoms with Gasteiger partial charge in [-0.1, -0.05) is 18.2 Å². The molecule has 1 atom stereocenters. The molecule has 2 fully saturated rings. The van der Waals surface area contributed by atoms with Crippen LogP contribution in [0.2, 0.25) is 0 Å². The Labute approximate surface area is 151 Å². The van der Waals surface area contributed by atoms with Gasteiger partial charge in [0.25, 0.3) is 5.91 Å². The summed E-state index contributed by atoms with van der Waals surface area (Å²) in [6.07, 6.45) is 1.59. The standard InChI is InChI=1S/C19H20N4O3/c1-21-12-14-13-22(10-11-23(14)19(21)25)18(24)17-16(8-5-9-20-17)26-15-6-3-2-4-7-15/h2-9,14H,10-13H2,1H3. The molecule has 2 aromatic rings. The fraction of sp³-hybridized carbons (Fsp3) is 0.316. The number of para-hydroxylation sites is 1. The van der Waals surface area contributed by atoms with Crippen LogP contribution in [0.25, 0.3) is 0 Å². The van der Waals surface area contributed by atoms with E-state index in [-0.39, 0.29) is 18.0 Å². The number of piperazine rings is 1. The molecule has 0 saturated carbocycles. The Morgan fingerprint density at radius 2 is 1.92 bits per heavy atom. The number of ether oxygens (including phenoxy) is 1. The van der Waals surface area contributed by atoms with E-state index in [4.69, 9.17) is 4.74 Å². The Hall–Kier alpha value is -3.09. The van der Waals surface area contributed by atoms with E-state index in [0.29, 0.717) is 43.4 Å². The topological polar surface area (TPSA) is 66.0 Å². The Kier molecular flexibility index (Phi) is 4.20. The number of amides is 3. The molecule has 134 valence electrons. The third-order valence-corrected chi connectivity index (χ3v) is 4.77. The van der Waals surface area contributed by atoms with Gasteiger partial charge in [0.2, 0.25) is 0 Å². The van der Waals surface area contributed by atoms with Gasteiger partial charge in [-0.15, -0.1) is 0 Å². The van der Waals surface area contributed by atoms with Crippen molar-refractivity contribution in [2.24, 2.45) is 0 Å². The molecule has 0 spiro atoms. The second-order valence-corrected chi connectivity index (χ2v) is 6.53. The maximum absolute atomic E-state index is 13.0. The van der Waals surface area contributed by atoms with Crippen LogP contribution in [0.1, 0.15) is 10.5 Å². The fourth-order valence-corrected chi connectivity index (χ4v) is 3.46. The van der Waals surface area contributed by atoms with Gasteiger partial charge in [-0.2, -0.15) is 0 Å². The third-order valence-electron chi connectivity index (χ3n) is 4.77. The number of rotatable bonds is 3. The van der Waals surface area contributed by atoms with Crippen LogP contribution in [0.3, 0.4) is 0 Å². The zero-order valence-corrected chi connectivity index (χ0v) is 14.5. The van der Waals surface area contributed by atoms with Gasteiger partial charge in [-0.05, 0) is 24.3 Å². The summed E-state index contributed by atoms with van der Waals surface area (Å²) < 4.78 is 5.86. The van der Waals surface area contributed by atoms with Gasteiger partial charge in [0.05, 0.1) is 6.04 Å². The summed E-state index contributed by atoms with van der Waals surface area (Å²) >= 11 is 0. The van der Waals surface area contributed by atoms with Gasteiger partial charge in [-0.3, -0.25) is 4.79 Å². The zero-order chi connectivity index (χ0) is 18.1. The van der Waals surface area contributed by atoms with Crippen molar-refractivity contribution >= 4 is 11.9 Å². The minimum atomic E-state index is -0.168. The number of carbonyl (C=O) groups is 2. The molecular formula is C19H20N4O3. The minimum Gasteiger partial charge on any atom is -0.455 e. The van der Waals surface area contributed by atoms with E-state index in [1.54, 1.807) is 35.2 Å². The van der Waals surface area contributed by atoms with Gasteiger partial charge in [0.1, 0.15) is 5.75 Å². The van der Waals surface area contributed by atoms with Gasteiger partial charge in [0.15, 0.2) is 11.4 Å². The van der Waals surface area contributed by atoms with Crippen molar-refractivity contribution in [2.75, 3.05) is 33.2 Å². The quantitative estimate of drug-likeness (QED) is 0.848. The predicted octanol–water partition coefficient (Wildman–Crippen LogP) is 2.07. The maximum atomic E-state index is 13.0. The van der Waals surface area contributed by atoms with E-state index >= 15 is 0 Å². The van der Waals surface area contributed by atoms with Crippen molar-refractivity contribution in [3.63, 3.8) is 0 Å². The van der Waals surface area contributed by atoms with Crippen LogP contribution in [0.15, 0.2) is 48.7 Å². The summed E-state index contributed by atoms with van der Waals surface area (Å²) in [5, 5.41) is 0. The van der Waals surface area contributed by atoms with E-state index in [9.17, 15) is 9.59 Å². The second-order valence-electron chi connectivity index (χ2n) is 6.53. The molecule has 4 rings (SSSR count). The number of carbonyl (C=O) groups excluding carboxylic acids is 2. The summed E-state index contributed by atoms with van der Waals surface area (Å²) in [6, 6.07) is 12.9. The van der Waals surface area contributed by atoms with Crippen molar-refractivity contribution in [1.29, 1.82) is 0 Å². The highest BCUT2D eigenvalue weighted by atomic mass is 16.5. The Morgan fingerprint density at radius 1 is 1.12 bits per heavy atom. The Balaban J connectivity index is 1.53. The van der Waals surface area contributed by atoms with E-state index in [1.165, 1.54) is 0 Å². The second kappa shape index (κ2) is 6.67. The summed E-state index contributed by atoms with van der Waals surface area (Å²) in [4.78, 5) is 34.6. The first-order chi connectivity index (χ1) is 12.6. The summed E-state index contributed by atoms with van der Waals surface area (Å²) in [7, 11) is 1.79. The molecule has 3 amide bonds. The first-order valence-corrected chi connectivity index (χ1v) is 8.62. The number of fused-ring (bicyclic) bond motifs is 1. The van der Waals surface area contributed by atoms with Crippen LogP contribution in [0, 0.1) is 0 Å². The SMILES string of the molecule is CN1CC2CN(C(=O)c3ncccc3Oc3ccccc3)CCN2C1=O. The molecule has 1 unspecified atom stereocenters.